The molecule has 0 radical (unpaired) electrons. The summed E-state index contributed by atoms with van der Waals surface area (Å²) in [6, 6.07) is 0. The lowest BCUT2D eigenvalue weighted by Crippen LogP contribution is -2.22. The van der Waals surface area contributed by atoms with Crippen molar-refractivity contribution in [3.63, 3.8) is 0 Å². The molecule has 1 saturated carbocycles. The van der Waals surface area contributed by atoms with Gasteiger partial charge >= 0.3 is 0 Å². The molecule has 0 amide bonds. The van der Waals surface area contributed by atoms with E-state index in [4.69, 9.17) is 4.74 Å². The Balaban J connectivity index is 2.16. The van der Waals surface area contributed by atoms with Crippen molar-refractivity contribution < 1.29 is 4.74 Å². The average Bonchev–Trinajstić information content (AvgIpc) is 2.16. The van der Waals surface area contributed by atoms with E-state index in [-0.39, 0.29) is 0 Å². The smallest absolute Gasteiger partial charge is 0.0577 e. The van der Waals surface area contributed by atoms with E-state index in [0.29, 0.717) is 6.10 Å². The molecule has 0 heterocycles. The van der Waals surface area contributed by atoms with Gasteiger partial charge in [0.2, 0.25) is 0 Å². The zero-order chi connectivity index (χ0) is 9.52. The lowest BCUT2D eigenvalue weighted by molar-refractivity contribution is 0.0188. The quantitative estimate of drug-likeness (QED) is 0.632. The van der Waals surface area contributed by atoms with E-state index in [1.807, 2.05) is 0 Å². The fraction of sp³-hybridized carbons (Fsp3) is 1.00. The van der Waals surface area contributed by atoms with Crippen molar-refractivity contribution in [2.24, 2.45) is 5.92 Å². The van der Waals surface area contributed by atoms with E-state index < -0.39 is 0 Å². The van der Waals surface area contributed by atoms with Gasteiger partial charge in [0.15, 0.2) is 0 Å². The molecule has 78 valence electrons. The summed E-state index contributed by atoms with van der Waals surface area (Å²) in [5.74, 6) is 0.963. The third-order valence-corrected chi connectivity index (χ3v) is 3.10. The van der Waals surface area contributed by atoms with Crippen LogP contribution < -0.4 is 0 Å². The van der Waals surface area contributed by atoms with Crippen molar-refractivity contribution in [3.05, 3.63) is 0 Å². The normalized spacial score (nSPS) is 29.1. The minimum absolute atomic E-state index is 0.584. The molecule has 1 nitrogen and oxygen atoms in total. The molecule has 0 N–H and O–H groups in total. The molecule has 0 aromatic rings. The molecule has 1 aliphatic rings. The van der Waals surface area contributed by atoms with Crippen molar-refractivity contribution in [1.82, 2.24) is 0 Å². The maximum absolute atomic E-state index is 5.69. The topological polar surface area (TPSA) is 9.23 Å². The minimum atomic E-state index is 0.584. The van der Waals surface area contributed by atoms with Gasteiger partial charge in [-0.25, -0.2) is 0 Å². The fourth-order valence-corrected chi connectivity index (χ4v) is 2.38. The third kappa shape index (κ3) is 4.12. The molecule has 0 spiro atoms. The summed E-state index contributed by atoms with van der Waals surface area (Å²) >= 11 is 0. The van der Waals surface area contributed by atoms with Crippen molar-refractivity contribution in [3.8, 4) is 0 Å². The van der Waals surface area contributed by atoms with Gasteiger partial charge in [-0.15, -0.1) is 0 Å². The Morgan fingerprint density at radius 2 is 2.08 bits per heavy atom. The first kappa shape index (κ1) is 11.0. The zero-order valence-corrected chi connectivity index (χ0v) is 9.22. The van der Waals surface area contributed by atoms with Gasteiger partial charge in [0.25, 0.3) is 0 Å². The SMILES string of the molecule is CCCC[C@H]1CCC[C@@H](OCC)C1. The van der Waals surface area contributed by atoms with Gasteiger partial charge in [0.1, 0.15) is 0 Å². The lowest BCUT2D eigenvalue weighted by Gasteiger charge is -2.28. The molecule has 1 aliphatic carbocycles. The van der Waals surface area contributed by atoms with E-state index >= 15 is 0 Å². The summed E-state index contributed by atoms with van der Waals surface area (Å²) < 4.78 is 5.69. The van der Waals surface area contributed by atoms with Crippen molar-refractivity contribution in [2.75, 3.05) is 6.61 Å². The molecular weight excluding hydrogens is 160 g/mol. The molecule has 1 rings (SSSR count). The van der Waals surface area contributed by atoms with Crippen molar-refractivity contribution in [1.29, 1.82) is 0 Å². The number of unbranched alkanes of at least 4 members (excludes halogenated alkanes) is 1. The Morgan fingerprint density at radius 3 is 2.77 bits per heavy atom. The number of hydrogen-bond acceptors (Lipinski definition) is 1. The second-order valence-electron chi connectivity index (χ2n) is 4.25. The standard InChI is InChI=1S/C12H24O/c1-3-5-7-11-8-6-9-12(10-11)13-4-2/h11-12H,3-10H2,1-2H3/t11-,12+/m0/s1. The van der Waals surface area contributed by atoms with Crippen LogP contribution in [-0.4, -0.2) is 12.7 Å². The summed E-state index contributed by atoms with van der Waals surface area (Å²) in [5.41, 5.74) is 0. The Bertz CT molecular complexity index is 120. The highest BCUT2D eigenvalue weighted by Crippen LogP contribution is 2.29. The number of rotatable bonds is 5. The van der Waals surface area contributed by atoms with Gasteiger partial charge in [-0.05, 0) is 25.7 Å². The van der Waals surface area contributed by atoms with Crippen LogP contribution in [-0.2, 0) is 4.74 Å². The maximum Gasteiger partial charge on any atom is 0.0577 e. The number of ether oxygens (including phenoxy) is 1. The molecular formula is C12H24O. The molecule has 0 saturated heterocycles. The van der Waals surface area contributed by atoms with Gasteiger partial charge in [0, 0.05) is 6.61 Å². The highest BCUT2D eigenvalue weighted by Gasteiger charge is 2.21. The molecule has 0 aromatic carbocycles. The first-order chi connectivity index (χ1) is 6.36. The van der Waals surface area contributed by atoms with E-state index in [1.165, 1.54) is 44.9 Å². The zero-order valence-electron chi connectivity index (χ0n) is 9.22. The van der Waals surface area contributed by atoms with Crippen LogP contribution in [0.25, 0.3) is 0 Å². The van der Waals surface area contributed by atoms with Gasteiger partial charge in [0.05, 0.1) is 6.10 Å². The second-order valence-corrected chi connectivity index (χ2v) is 4.25. The Hall–Kier alpha value is -0.0400. The summed E-state index contributed by atoms with van der Waals surface area (Å²) in [7, 11) is 0. The molecule has 0 bridgehead atoms. The molecule has 1 fully saturated rings. The Labute approximate surface area is 82.9 Å². The van der Waals surface area contributed by atoms with Crippen LogP contribution in [0.4, 0.5) is 0 Å². The van der Waals surface area contributed by atoms with Gasteiger partial charge in [-0.2, -0.15) is 0 Å². The Morgan fingerprint density at radius 1 is 1.23 bits per heavy atom. The van der Waals surface area contributed by atoms with E-state index in [9.17, 15) is 0 Å². The molecule has 0 unspecified atom stereocenters. The van der Waals surface area contributed by atoms with Crippen LogP contribution in [0.3, 0.4) is 0 Å². The second kappa shape index (κ2) is 6.42. The minimum Gasteiger partial charge on any atom is -0.378 e. The molecule has 0 aromatic heterocycles. The Kier molecular flexibility index (Phi) is 5.45. The van der Waals surface area contributed by atoms with Crippen LogP contribution >= 0.6 is 0 Å². The van der Waals surface area contributed by atoms with Crippen LogP contribution in [0.2, 0.25) is 0 Å². The molecule has 0 aliphatic heterocycles. The fourth-order valence-electron chi connectivity index (χ4n) is 2.38. The van der Waals surface area contributed by atoms with Crippen LogP contribution in [0, 0.1) is 5.92 Å². The monoisotopic (exact) mass is 184 g/mol. The van der Waals surface area contributed by atoms with Gasteiger partial charge in [-0.1, -0.05) is 39.0 Å². The van der Waals surface area contributed by atoms with Crippen LogP contribution in [0.1, 0.15) is 58.8 Å². The van der Waals surface area contributed by atoms with Crippen LogP contribution in [0.15, 0.2) is 0 Å². The summed E-state index contributed by atoms with van der Waals surface area (Å²) in [6.45, 7) is 5.28. The highest BCUT2D eigenvalue weighted by molar-refractivity contribution is 4.73. The van der Waals surface area contributed by atoms with Gasteiger partial charge < -0.3 is 4.74 Å². The predicted octanol–water partition coefficient (Wildman–Crippen LogP) is 3.77. The number of hydrogen-bond donors (Lipinski definition) is 0. The van der Waals surface area contributed by atoms with E-state index in [1.54, 1.807) is 0 Å². The van der Waals surface area contributed by atoms with Crippen molar-refractivity contribution in [2.45, 2.75) is 64.9 Å². The third-order valence-electron chi connectivity index (χ3n) is 3.10. The average molecular weight is 184 g/mol. The van der Waals surface area contributed by atoms with E-state index in [2.05, 4.69) is 13.8 Å². The first-order valence-corrected chi connectivity index (χ1v) is 5.98. The molecule has 2 atom stereocenters. The van der Waals surface area contributed by atoms with E-state index in [0.717, 1.165) is 12.5 Å². The van der Waals surface area contributed by atoms with Crippen LogP contribution in [0.5, 0.6) is 0 Å². The highest BCUT2D eigenvalue weighted by atomic mass is 16.5. The largest absolute Gasteiger partial charge is 0.378 e. The summed E-state index contributed by atoms with van der Waals surface area (Å²) in [6.07, 6.45) is 10.2. The maximum atomic E-state index is 5.69. The summed E-state index contributed by atoms with van der Waals surface area (Å²) in [4.78, 5) is 0. The van der Waals surface area contributed by atoms with Crippen molar-refractivity contribution >= 4 is 0 Å². The summed E-state index contributed by atoms with van der Waals surface area (Å²) in [5, 5.41) is 0. The molecule has 13 heavy (non-hydrogen) atoms. The lowest BCUT2D eigenvalue weighted by atomic mass is 9.84. The first-order valence-electron chi connectivity index (χ1n) is 5.98. The predicted molar refractivity (Wildman–Crippen MR) is 56.9 cm³/mol. The molecule has 1 heteroatoms. The van der Waals surface area contributed by atoms with Gasteiger partial charge in [-0.3, -0.25) is 0 Å².